The van der Waals surface area contributed by atoms with E-state index in [1.807, 2.05) is 0 Å². The lowest BCUT2D eigenvalue weighted by Crippen LogP contribution is -2.19. The van der Waals surface area contributed by atoms with E-state index in [1.165, 1.54) is 18.2 Å². The monoisotopic (exact) mass is 517 g/mol. The number of carbonyl (C=O) groups is 2. The first kappa shape index (κ1) is 25.2. The standard InChI is InChI=1S/C26H26Cl2FN3O3/c1-3-35-26(34)22-23(16-9-10-19(29)18(28)12-16)32(25(31-22)15-7-5-4-6-8-15)20-13-17(27)11-14(2)21(20)24(30)33/h9-13,15H,3-8H2,1-2H3,(H2,30,33). The first-order chi connectivity index (χ1) is 16.7. The average Bonchev–Trinajstić information content (AvgIpc) is 3.21. The fourth-order valence-electron chi connectivity index (χ4n) is 4.79. The highest BCUT2D eigenvalue weighted by molar-refractivity contribution is 6.31. The molecule has 1 aliphatic carbocycles. The van der Waals surface area contributed by atoms with E-state index >= 15 is 0 Å². The maximum absolute atomic E-state index is 14.1. The molecule has 1 aromatic heterocycles. The van der Waals surface area contributed by atoms with Gasteiger partial charge in [-0.1, -0.05) is 42.5 Å². The molecule has 1 aliphatic rings. The van der Waals surface area contributed by atoms with Crippen molar-refractivity contribution in [3.05, 3.63) is 68.8 Å². The molecule has 184 valence electrons. The van der Waals surface area contributed by atoms with Crippen LogP contribution in [0, 0.1) is 12.7 Å². The van der Waals surface area contributed by atoms with Gasteiger partial charge in [0.15, 0.2) is 5.69 Å². The Morgan fingerprint density at radius 3 is 2.51 bits per heavy atom. The molecule has 1 saturated carbocycles. The van der Waals surface area contributed by atoms with Gasteiger partial charge in [0.05, 0.1) is 28.6 Å². The molecule has 6 nitrogen and oxygen atoms in total. The van der Waals surface area contributed by atoms with E-state index < -0.39 is 17.7 Å². The molecule has 1 fully saturated rings. The number of nitrogens with two attached hydrogens (primary N) is 1. The summed E-state index contributed by atoms with van der Waals surface area (Å²) >= 11 is 12.6. The van der Waals surface area contributed by atoms with E-state index in [0.29, 0.717) is 33.4 Å². The van der Waals surface area contributed by atoms with E-state index in [9.17, 15) is 14.0 Å². The maximum atomic E-state index is 14.1. The molecule has 1 amide bonds. The highest BCUT2D eigenvalue weighted by Crippen LogP contribution is 2.40. The Morgan fingerprint density at radius 1 is 1.17 bits per heavy atom. The zero-order chi connectivity index (χ0) is 25.3. The number of hydrogen-bond acceptors (Lipinski definition) is 4. The van der Waals surface area contributed by atoms with Crippen LogP contribution in [0.1, 0.15) is 77.2 Å². The van der Waals surface area contributed by atoms with Crippen molar-refractivity contribution < 1.29 is 18.7 Å². The summed E-state index contributed by atoms with van der Waals surface area (Å²) in [4.78, 5) is 30.5. The second-order valence-electron chi connectivity index (χ2n) is 8.67. The minimum absolute atomic E-state index is 0.0293. The minimum Gasteiger partial charge on any atom is -0.461 e. The molecule has 0 bridgehead atoms. The third kappa shape index (κ3) is 4.93. The quantitative estimate of drug-likeness (QED) is 0.372. The number of esters is 1. The Balaban J connectivity index is 2.13. The predicted octanol–water partition coefficient (Wildman–Crippen LogP) is 6.62. The Kier molecular flexibility index (Phi) is 7.47. The minimum atomic E-state index is -0.641. The number of rotatable bonds is 6. The predicted molar refractivity (Wildman–Crippen MR) is 134 cm³/mol. The molecule has 0 atom stereocenters. The Morgan fingerprint density at radius 2 is 1.89 bits per heavy atom. The molecule has 3 aromatic rings. The van der Waals surface area contributed by atoms with E-state index in [0.717, 1.165) is 32.1 Å². The molecular formula is C26H26Cl2FN3O3. The highest BCUT2D eigenvalue weighted by atomic mass is 35.5. The zero-order valence-corrected chi connectivity index (χ0v) is 21.0. The van der Waals surface area contributed by atoms with Crippen LogP contribution >= 0.6 is 23.2 Å². The van der Waals surface area contributed by atoms with Crippen LogP contribution in [-0.2, 0) is 4.74 Å². The van der Waals surface area contributed by atoms with Crippen molar-refractivity contribution in [2.45, 2.75) is 51.9 Å². The van der Waals surface area contributed by atoms with Gasteiger partial charge in [-0.25, -0.2) is 14.2 Å². The summed E-state index contributed by atoms with van der Waals surface area (Å²) in [6, 6.07) is 7.46. The summed E-state index contributed by atoms with van der Waals surface area (Å²) in [6.45, 7) is 3.60. The van der Waals surface area contributed by atoms with E-state index in [2.05, 4.69) is 0 Å². The summed E-state index contributed by atoms with van der Waals surface area (Å²) in [5, 5.41) is 0.285. The number of benzene rings is 2. The van der Waals surface area contributed by atoms with Crippen molar-refractivity contribution in [3.8, 4) is 16.9 Å². The van der Waals surface area contributed by atoms with Crippen LogP contribution in [0.4, 0.5) is 4.39 Å². The second kappa shape index (κ2) is 10.4. The van der Waals surface area contributed by atoms with Gasteiger partial charge in [-0.2, -0.15) is 0 Å². The molecule has 0 spiro atoms. The summed E-state index contributed by atoms with van der Waals surface area (Å²) in [5.41, 5.74) is 7.90. The van der Waals surface area contributed by atoms with Crippen molar-refractivity contribution in [2.24, 2.45) is 5.73 Å². The summed E-state index contributed by atoms with van der Waals surface area (Å²) < 4.78 is 21.1. The maximum Gasteiger partial charge on any atom is 0.359 e. The molecule has 0 aliphatic heterocycles. The Hall–Kier alpha value is -2.90. The third-order valence-electron chi connectivity index (χ3n) is 6.30. The van der Waals surface area contributed by atoms with Crippen LogP contribution in [0.25, 0.3) is 16.9 Å². The number of carbonyl (C=O) groups excluding carboxylic acids is 2. The smallest absolute Gasteiger partial charge is 0.359 e. The molecule has 2 aromatic carbocycles. The summed E-state index contributed by atoms with van der Waals surface area (Å²) in [6.07, 6.45) is 4.89. The molecule has 0 saturated heterocycles. The molecule has 2 N–H and O–H groups in total. The van der Waals surface area contributed by atoms with Gasteiger partial charge >= 0.3 is 5.97 Å². The first-order valence-electron chi connectivity index (χ1n) is 11.6. The molecule has 9 heteroatoms. The van der Waals surface area contributed by atoms with Crippen LogP contribution < -0.4 is 5.73 Å². The summed E-state index contributed by atoms with van der Waals surface area (Å²) in [7, 11) is 0. The van der Waals surface area contributed by atoms with E-state index in [4.69, 9.17) is 38.7 Å². The van der Waals surface area contributed by atoms with Crippen molar-refractivity contribution in [1.82, 2.24) is 9.55 Å². The van der Waals surface area contributed by atoms with E-state index in [-0.39, 0.29) is 28.8 Å². The number of halogens is 3. The topological polar surface area (TPSA) is 87.2 Å². The van der Waals surface area contributed by atoms with Gasteiger partial charge in [-0.15, -0.1) is 0 Å². The molecule has 4 rings (SSSR count). The number of aryl methyl sites for hydroxylation is 1. The van der Waals surface area contributed by atoms with Crippen LogP contribution in [0.3, 0.4) is 0 Å². The van der Waals surface area contributed by atoms with Gasteiger partial charge in [-0.3, -0.25) is 9.36 Å². The largest absolute Gasteiger partial charge is 0.461 e. The Labute approximate surface area is 213 Å². The Bertz CT molecular complexity index is 1300. The fraction of sp³-hybridized carbons (Fsp3) is 0.346. The SMILES string of the molecule is CCOC(=O)c1nc(C2CCCCC2)n(-c2cc(Cl)cc(C)c2C(N)=O)c1-c1ccc(F)c(Cl)c1. The number of nitrogens with zero attached hydrogens (tertiary/aromatic N) is 2. The van der Waals surface area contributed by atoms with Gasteiger partial charge < -0.3 is 10.5 Å². The number of hydrogen-bond donors (Lipinski definition) is 1. The molecule has 0 radical (unpaired) electrons. The van der Waals surface area contributed by atoms with Gasteiger partial charge in [0, 0.05) is 16.5 Å². The second-order valence-corrected chi connectivity index (χ2v) is 9.51. The average molecular weight is 518 g/mol. The fourth-order valence-corrected chi connectivity index (χ4v) is 5.24. The molecular weight excluding hydrogens is 492 g/mol. The van der Waals surface area contributed by atoms with Crippen LogP contribution in [0.2, 0.25) is 10.0 Å². The van der Waals surface area contributed by atoms with Gasteiger partial charge in [0.1, 0.15) is 11.6 Å². The lowest BCUT2D eigenvalue weighted by Gasteiger charge is -2.24. The van der Waals surface area contributed by atoms with Crippen molar-refractivity contribution in [1.29, 1.82) is 0 Å². The van der Waals surface area contributed by atoms with Crippen molar-refractivity contribution in [3.63, 3.8) is 0 Å². The number of imidazole rings is 1. The lowest BCUT2D eigenvalue weighted by molar-refractivity contribution is 0.0520. The number of amides is 1. The first-order valence-corrected chi connectivity index (χ1v) is 12.3. The van der Waals surface area contributed by atoms with E-state index in [1.54, 1.807) is 30.5 Å². The van der Waals surface area contributed by atoms with Crippen molar-refractivity contribution >= 4 is 35.1 Å². The number of aromatic nitrogens is 2. The number of primary amides is 1. The molecule has 35 heavy (non-hydrogen) atoms. The third-order valence-corrected chi connectivity index (χ3v) is 6.81. The van der Waals surface area contributed by atoms with Crippen LogP contribution in [0.5, 0.6) is 0 Å². The van der Waals surface area contributed by atoms with Gasteiger partial charge in [-0.05, 0) is 62.6 Å². The lowest BCUT2D eigenvalue weighted by atomic mass is 9.88. The molecule has 0 unspecified atom stereocenters. The van der Waals surface area contributed by atoms with Gasteiger partial charge in [0.2, 0.25) is 0 Å². The van der Waals surface area contributed by atoms with Gasteiger partial charge in [0.25, 0.3) is 5.91 Å². The normalized spacial score (nSPS) is 14.2. The molecule has 1 heterocycles. The number of ether oxygens (including phenoxy) is 1. The zero-order valence-electron chi connectivity index (χ0n) is 19.5. The van der Waals surface area contributed by atoms with Crippen molar-refractivity contribution in [2.75, 3.05) is 6.61 Å². The highest BCUT2D eigenvalue weighted by Gasteiger charge is 2.32. The van der Waals surface area contributed by atoms with Crippen LogP contribution in [-0.4, -0.2) is 28.0 Å². The van der Waals surface area contributed by atoms with Crippen LogP contribution in [0.15, 0.2) is 30.3 Å². The summed E-state index contributed by atoms with van der Waals surface area (Å²) in [5.74, 6) is -1.23.